The van der Waals surface area contributed by atoms with Crippen molar-refractivity contribution in [2.75, 3.05) is 12.4 Å². The first-order chi connectivity index (χ1) is 15.0. The van der Waals surface area contributed by atoms with Crippen molar-refractivity contribution in [3.05, 3.63) is 102 Å². The van der Waals surface area contributed by atoms with E-state index in [2.05, 4.69) is 10.4 Å². The Bertz CT molecular complexity index is 1210. The fourth-order valence-corrected chi connectivity index (χ4v) is 3.17. The lowest BCUT2D eigenvalue weighted by Crippen LogP contribution is -2.12. The van der Waals surface area contributed by atoms with E-state index in [0.717, 1.165) is 23.3 Å². The smallest absolute Gasteiger partial charge is 0.259 e. The quantitative estimate of drug-likeness (QED) is 0.471. The third kappa shape index (κ3) is 4.61. The number of anilines is 1. The Morgan fingerprint density at radius 3 is 2.42 bits per heavy atom. The number of carbonyl (C=O) groups is 1. The SMILES string of the molecule is COc1ccc(-c2nn(Cc3ccccc3)cc2C(=O)Nc2ccc(F)c(F)c2)cc1. The van der Waals surface area contributed by atoms with Crippen LogP contribution in [-0.4, -0.2) is 22.8 Å². The lowest BCUT2D eigenvalue weighted by Gasteiger charge is -2.06. The fraction of sp³-hybridized carbons (Fsp3) is 0.0833. The molecule has 0 saturated carbocycles. The Hall–Kier alpha value is -4.00. The summed E-state index contributed by atoms with van der Waals surface area (Å²) in [6.45, 7) is 0.475. The Morgan fingerprint density at radius 2 is 1.74 bits per heavy atom. The van der Waals surface area contributed by atoms with Crippen LogP contribution in [0.1, 0.15) is 15.9 Å². The second-order valence-corrected chi connectivity index (χ2v) is 6.89. The lowest BCUT2D eigenvalue weighted by atomic mass is 10.1. The molecule has 0 spiro atoms. The van der Waals surface area contributed by atoms with Gasteiger partial charge in [-0.3, -0.25) is 9.48 Å². The molecule has 31 heavy (non-hydrogen) atoms. The molecule has 0 aliphatic rings. The molecule has 4 aromatic rings. The number of nitrogens with one attached hydrogen (secondary N) is 1. The van der Waals surface area contributed by atoms with Crippen molar-refractivity contribution in [3.8, 4) is 17.0 Å². The molecule has 156 valence electrons. The maximum absolute atomic E-state index is 13.5. The monoisotopic (exact) mass is 419 g/mol. The Balaban J connectivity index is 1.69. The average molecular weight is 419 g/mol. The van der Waals surface area contributed by atoms with Crippen LogP contribution in [0.4, 0.5) is 14.5 Å². The van der Waals surface area contributed by atoms with E-state index in [-0.39, 0.29) is 5.69 Å². The van der Waals surface area contributed by atoms with Gasteiger partial charge in [0, 0.05) is 23.5 Å². The van der Waals surface area contributed by atoms with E-state index < -0.39 is 17.5 Å². The molecule has 1 N–H and O–H groups in total. The molecular formula is C24H19F2N3O2. The van der Waals surface area contributed by atoms with Crippen LogP contribution < -0.4 is 10.1 Å². The van der Waals surface area contributed by atoms with Crippen LogP contribution >= 0.6 is 0 Å². The highest BCUT2D eigenvalue weighted by Gasteiger charge is 2.19. The van der Waals surface area contributed by atoms with Gasteiger partial charge in [0.15, 0.2) is 11.6 Å². The zero-order valence-corrected chi connectivity index (χ0v) is 16.7. The minimum Gasteiger partial charge on any atom is -0.497 e. The van der Waals surface area contributed by atoms with Gasteiger partial charge in [-0.25, -0.2) is 8.78 Å². The van der Waals surface area contributed by atoms with Gasteiger partial charge in [0.2, 0.25) is 0 Å². The van der Waals surface area contributed by atoms with Gasteiger partial charge in [0.1, 0.15) is 11.4 Å². The van der Waals surface area contributed by atoms with E-state index >= 15 is 0 Å². The Labute approximate surface area is 177 Å². The predicted octanol–water partition coefficient (Wildman–Crippen LogP) is 5.14. The van der Waals surface area contributed by atoms with Crippen molar-refractivity contribution in [3.63, 3.8) is 0 Å². The molecule has 0 unspecified atom stereocenters. The molecule has 0 radical (unpaired) electrons. The van der Waals surface area contributed by atoms with Crippen LogP contribution in [-0.2, 0) is 6.54 Å². The van der Waals surface area contributed by atoms with Crippen molar-refractivity contribution < 1.29 is 18.3 Å². The number of methoxy groups -OCH3 is 1. The van der Waals surface area contributed by atoms with Crippen LogP contribution in [0.15, 0.2) is 79.0 Å². The second-order valence-electron chi connectivity index (χ2n) is 6.89. The standard InChI is InChI=1S/C24H19F2N3O2/c1-31-19-10-7-17(8-11-19)23-20(15-29(28-23)14-16-5-3-2-4-6-16)24(30)27-18-9-12-21(25)22(26)13-18/h2-13,15H,14H2,1H3,(H,27,30). The van der Waals surface area contributed by atoms with Crippen molar-refractivity contribution in [2.24, 2.45) is 0 Å². The minimum absolute atomic E-state index is 0.153. The molecule has 0 saturated heterocycles. The van der Waals surface area contributed by atoms with Crippen LogP contribution in [0.3, 0.4) is 0 Å². The first-order valence-electron chi connectivity index (χ1n) is 9.55. The molecule has 7 heteroatoms. The van der Waals surface area contributed by atoms with Gasteiger partial charge in [-0.05, 0) is 42.0 Å². The summed E-state index contributed by atoms with van der Waals surface area (Å²) in [5, 5.41) is 7.22. The fourth-order valence-electron chi connectivity index (χ4n) is 3.17. The summed E-state index contributed by atoms with van der Waals surface area (Å²) in [6.07, 6.45) is 1.64. The third-order valence-electron chi connectivity index (χ3n) is 4.73. The first kappa shape index (κ1) is 20.3. The van der Waals surface area contributed by atoms with Crippen LogP contribution in [0.5, 0.6) is 5.75 Å². The summed E-state index contributed by atoms with van der Waals surface area (Å²) in [4.78, 5) is 13.0. The van der Waals surface area contributed by atoms with Crippen LogP contribution in [0, 0.1) is 11.6 Å². The number of nitrogens with zero attached hydrogens (tertiary/aromatic N) is 2. The minimum atomic E-state index is -1.03. The number of benzene rings is 3. The molecule has 0 atom stereocenters. The maximum Gasteiger partial charge on any atom is 0.259 e. The molecular weight excluding hydrogens is 400 g/mol. The molecule has 0 aliphatic heterocycles. The Morgan fingerprint density at radius 1 is 1.00 bits per heavy atom. The summed E-state index contributed by atoms with van der Waals surface area (Å²) >= 11 is 0. The highest BCUT2D eigenvalue weighted by atomic mass is 19.2. The summed E-state index contributed by atoms with van der Waals surface area (Å²) in [7, 11) is 1.57. The van der Waals surface area contributed by atoms with Crippen molar-refractivity contribution >= 4 is 11.6 Å². The number of hydrogen-bond donors (Lipinski definition) is 1. The van der Waals surface area contributed by atoms with Gasteiger partial charge < -0.3 is 10.1 Å². The molecule has 0 aliphatic carbocycles. The van der Waals surface area contributed by atoms with Crippen molar-refractivity contribution in [1.82, 2.24) is 9.78 Å². The zero-order valence-electron chi connectivity index (χ0n) is 16.7. The van der Waals surface area contributed by atoms with E-state index in [9.17, 15) is 13.6 Å². The summed E-state index contributed by atoms with van der Waals surface area (Å²) in [5.74, 6) is -1.81. The Kier molecular flexibility index (Phi) is 5.75. The van der Waals surface area contributed by atoms with Gasteiger partial charge in [-0.2, -0.15) is 5.10 Å². The summed E-state index contributed by atoms with van der Waals surface area (Å²) in [6, 6.07) is 20.1. The summed E-state index contributed by atoms with van der Waals surface area (Å²) < 4.78 is 33.6. The molecule has 0 fully saturated rings. The first-order valence-corrected chi connectivity index (χ1v) is 9.55. The highest BCUT2D eigenvalue weighted by Crippen LogP contribution is 2.26. The van der Waals surface area contributed by atoms with Gasteiger partial charge >= 0.3 is 0 Å². The molecule has 5 nitrogen and oxygen atoms in total. The number of hydrogen-bond acceptors (Lipinski definition) is 3. The molecule has 4 rings (SSSR count). The van der Waals surface area contributed by atoms with Gasteiger partial charge in [0.25, 0.3) is 5.91 Å². The second kappa shape index (κ2) is 8.79. The van der Waals surface area contributed by atoms with Crippen molar-refractivity contribution in [1.29, 1.82) is 0 Å². The predicted molar refractivity (Wildman–Crippen MR) is 114 cm³/mol. The topological polar surface area (TPSA) is 56.2 Å². The molecule has 0 bridgehead atoms. The molecule has 1 amide bonds. The number of rotatable bonds is 6. The van der Waals surface area contributed by atoms with E-state index in [1.807, 2.05) is 42.5 Å². The molecule has 3 aromatic carbocycles. The van der Waals surface area contributed by atoms with E-state index in [4.69, 9.17) is 4.74 Å². The number of halogens is 2. The number of carbonyl (C=O) groups excluding carboxylic acids is 1. The van der Waals surface area contributed by atoms with Gasteiger partial charge in [0.05, 0.1) is 19.2 Å². The van der Waals surface area contributed by atoms with Gasteiger partial charge in [-0.1, -0.05) is 30.3 Å². The van der Waals surface area contributed by atoms with E-state index in [0.29, 0.717) is 23.6 Å². The highest BCUT2D eigenvalue weighted by molar-refractivity contribution is 6.08. The van der Waals surface area contributed by atoms with E-state index in [1.165, 1.54) is 6.07 Å². The normalized spacial score (nSPS) is 10.7. The third-order valence-corrected chi connectivity index (χ3v) is 4.73. The average Bonchev–Trinajstić information content (AvgIpc) is 3.21. The molecule has 1 heterocycles. The summed E-state index contributed by atoms with van der Waals surface area (Å²) in [5.41, 5.74) is 2.69. The van der Waals surface area contributed by atoms with E-state index in [1.54, 1.807) is 30.1 Å². The number of ether oxygens (including phenoxy) is 1. The van der Waals surface area contributed by atoms with Crippen LogP contribution in [0.25, 0.3) is 11.3 Å². The maximum atomic E-state index is 13.5. The number of amides is 1. The van der Waals surface area contributed by atoms with Gasteiger partial charge in [-0.15, -0.1) is 0 Å². The number of aromatic nitrogens is 2. The molecule has 1 aromatic heterocycles. The lowest BCUT2D eigenvalue weighted by molar-refractivity contribution is 0.102. The largest absolute Gasteiger partial charge is 0.497 e. The zero-order chi connectivity index (χ0) is 21.8. The van der Waals surface area contributed by atoms with Crippen LogP contribution in [0.2, 0.25) is 0 Å². The van der Waals surface area contributed by atoms with Crippen molar-refractivity contribution in [2.45, 2.75) is 6.54 Å².